The summed E-state index contributed by atoms with van der Waals surface area (Å²) in [5, 5.41) is 0. The lowest BCUT2D eigenvalue weighted by molar-refractivity contribution is -0.140. The zero-order chi connectivity index (χ0) is 18.0. The number of piperidine rings is 1. The molecule has 2 aliphatic rings. The molecule has 0 spiro atoms. The normalized spacial score (nSPS) is 22.8. The Labute approximate surface area is 145 Å². The van der Waals surface area contributed by atoms with Gasteiger partial charge in [0.05, 0.1) is 18.1 Å². The van der Waals surface area contributed by atoms with Crippen LogP contribution in [-0.2, 0) is 19.6 Å². The van der Waals surface area contributed by atoms with Gasteiger partial charge in [0.15, 0.2) is 0 Å². The van der Waals surface area contributed by atoms with Crippen LogP contribution in [-0.4, -0.2) is 62.4 Å². The summed E-state index contributed by atoms with van der Waals surface area (Å²) in [5.41, 5.74) is 0. The first-order chi connectivity index (χ1) is 11.9. The molecule has 0 radical (unpaired) electrons. The molecule has 2 heterocycles. The van der Waals surface area contributed by atoms with Crippen molar-refractivity contribution in [3.8, 4) is 0 Å². The molecule has 1 amide bonds. The number of halogens is 2. The fraction of sp³-hybridized carbons (Fsp3) is 0.562. The fourth-order valence-corrected chi connectivity index (χ4v) is 4.94. The first kappa shape index (κ1) is 18.2. The summed E-state index contributed by atoms with van der Waals surface area (Å²) in [6.45, 7) is 1.82. The van der Waals surface area contributed by atoms with Crippen molar-refractivity contribution < 1.29 is 26.7 Å². The standard InChI is InChI=1S/C16H20F2N2O4S/c17-12-9-13(18)11-14(10-12)25(22,23)20-4-2-1-3-15(20)16(21)19-5-7-24-8-6-19/h9-11,15H,1-8H2. The van der Waals surface area contributed by atoms with E-state index in [2.05, 4.69) is 0 Å². The number of amides is 1. The molecule has 9 heteroatoms. The Hall–Kier alpha value is -1.58. The SMILES string of the molecule is O=C(C1CCCCN1S(=O)(=O)c1cc(F)cc(F)c1)N1CCOCC1. The summed E-state index contributed by atoms with van der Waals surface area (Å²) in [6.07, 6.45) is 1.72. The molecule has 0 aliphatic carbocycles. The predicted molar refractivity (Wildman–Crippen MR) is 85.3 cm³/mol. The summed E-state index contributed by atoms with van der Waals surface area (Å²) in [4.78, 5) is 13.9. The lowest BCUT2D eigenvalue weighted by Gasteiger charge is -2.37. The van der Waals surface area contributed by atoms with Crippen molar-refractivity contribution in [3.05, 3.63) is 29.8 Å². The second kappa shape index (κ2) is 7.35. The minimum Gasteiger partial charge on any atom is -0.378 e. The molecule has 1 unspecified atom stereocenters. The van der Waals surface area contributed by atoms with Crippen LogP contribution < -0.4 is 0 Å². The molecule has 2 fully saturated rings. The summed E-state index contributed by atoms with van der Waals surface area (Å²) in [5.74, 6) is -2.21. The molecular weight excluding hydrogens is 354 g/mol. The Kier molecular flexibility index (Phi) is 5.35. The van der Waals surface area contributed by atoms with Crippen molar-refractivity contribution in [1.29, 1.82) is 0 Å². The quantitative estimate of drug-likeness (QED) is 0.802. The third-order valence-electron chi connectivity index (χ3n) is 4.50. The van der Waals surface area contributed by atoms with E-state index >= 15 is 0 Å². The van der Waals surface area contributed by atoms with Gasteiger partial charge in [-0.25, -0.2) is 17.2 Å². The molecule has 0 aromatic heterocycles. The lowest BCUT2D eigenvalue weighted by atomic mass is 10.0. The molecular formula is C16H20F2N2O4S. The number of sulfonamides is 1. The fourth-order valence-electron chi connectivity index (χ4n) is 3.25. The molecule has 1 atom stereocenters. The van der Waals surface area contributed by atoms with Crippen molar-refractivity contribution in [2.24, 2.45) is 0 Å². The highest BCUT2D eigenvalue weighted by molar-refractivity contribution is 7.89. The largest absolute Gasteiger partial charge is 0.378 e. The maximum Gasteiger partial charge on any atom is 0.244 e. The molecule has 2 saturated heterocycles. The average molecular weight is 374 g/mol. The van der Waals surface area contributed by atoms with Crippen LogP contribution in [0.5, 0.6) is 0 Å². The van der Waals surface area contributed by atoms with Crippen LogP contribution in [0.3, 0.4) is 0 Å². The minimum atomic E-state index is -4.17. The second-order valence-electron chi connectivity index (χ2n) is 6.17. The highest BCUT2D eigenvalue weighted by Gasteiger charge is 2.40. The third-order valence-corrected chi connectivity index (χ3v) is 6.39. The van der Waals surface area contributed by atoms with E-state index in [4.69, 9.17) is 4.74 Å². The van der Waals surface area contributed by atoms with E-state index < -0.39 is 32.6 Å². The number of carbonyl (C=O) groups is 1. The van der Waals surface area contributed by atoms with Gasteiger partial charge in [-0.1, -0.05) is 6.42 Å². The molecule has 1 aromatic carbocycles. The van der Waals surface area contributed by atoms with Gasteiger partial charge < -0.3 is 9.64 Å². The van der Waals surface area contributed by atoms with E-state index in [-0.39, 0.29) is 12.5 Å². The Balaban J connectivity index is 1.90. The monoisotopic (exact) mass is 374 g/mol. The Morgan fingerprint density at radius 2 is 1.68 bits per heavy atom. The molecule has 6 nitrogen and oxygen atoms in total. The van der Waals surface area contributed by atoms with Crippen LogP contribution in [0.2, 0.25) is 0 Å². The Bertz CT molecular complexity index is 730. The Morgan fingerprint density at radius 1 is 1.04 bits per heavy atom. The van der Waals surface area contributed by atoms with Crippen molar-refractivity contribution in [2.45, 2.75) is 30.2 Å². The number of morpholine rings is 1. The lowest BCUT2D eigenvalue weighted by Crippen LogP contribution is -2.55. The van der Waals surface area contributed by atoms with Gasteiger partial charge in [-0.3, -0.25) is 4.79 Å². The van der Waals surface area contributed by atoms with E-state index in [9.17, 15) is 22.0 Å². The minimum absolute atomic E-state index is 0.154. The van der Waals surface area contributed by atoms with Crippen molar-refractivity contribution in [1.82, 2.24) is 9.21 Å². The summed E-state index contributed by atoms with van der Waals surface area (Å²) in [6, 6.07) is 1.33. The van der Waals surface area contributed by atoms with Gasteiger partial charge in [-0.05, 0) is 25.0 Å². The summed E-state index contributed by atoms with van der Waals surface area (Å²) >= 11 is 0. The first-order valence-electron chi connectivity index (χ1n) is 8.24. The highest BCUT2D eigenvalue weighted by atomic mass is 32.2. The third kappa shape index (κ3) is 3.83. The van der Waals surface area contributed by atoms with Crippen molar-refractivity contribution >= 4 is 15.9 Å². The molecule has 0 saturated carbocycles. The first-order valence-corrected chi connectivity index (χ1v) is 9.68. The molecule has 25 heavy (non-hydrogen) atoms. The van der Waals surface area contributed by atoms with Crippen molar-refractivity contribution in [2.75, 3.05) is 32.8 Å². The van der Waals surface area contributed by atoms with Crippen LogP contribution in [0.25, 0.3) is 0 Å². The zero-order valence-corrected chi connectivity index (χ0v) is 14.5. The van der Waals surface area contributed by atoms with E-state index in [0.29, 0.717) is 45.2 Å². The smallest absolute Gasteiger partial charge is 0.244 e. The maximum atomic E-state index is 13.5. The second-order valence-corrected chi connectivity index (χ2v) is 8.06. The van der Waals surface area contributed by atoms with Gasteiger partial charge in [0, 0.05) is 25.7 Å². The Morgan fingerprint density at radius 3 is 2.32 bits per heavy atom. The van der Waals surface area contributed by atoms with E-state index in [1.54, 1.807) is 4.90 Å². The van der Waals surface area contributed by atoms with Gasteiger partial charge in [-0.2, -0.15) is 4.31 Å². The number of nitrogens with zero attached hydrogens (tertiary/aromatic N) is 2. The average Bonchev–Trinajstić information content (AvgIpc) is 2.61. The van der Waals surface area contributed by atoms with Gasteiger partial charge in [0.25, 0.3) is 0 Å². The number of hydrogen-bond acceptors (Lipinski definition) is 4. The predicted octanol–water partition coefficient (Wildman–Crippen LogP) is 1.37. The highest BCUT2D eigenvalue weighted by Crippen LogP contribution is 2.27. The van der Waals surface area contributed by atoms with Crippen molar-refractivity contribution in [3.63, 3.8) is 0 Å². The maximum absolute atomic E-state index is 13.5. The van der Waals surface area contributed by atoms with E-state index in [1.165, 1.54) is 0 Å². The molecule has 0 N–H and O–H groups in total. The number of carbonyl (C=O) groups excluding carboxylic acids is 1. The van der Waals surface area contributed by atoms with E-state index in [1.807, 2.05) is 0 Å². The van der Waals surface area contributed by atoms with Gasteiger partial charge >= 0.3 is 0 Å². The van der Waals surface area contributed by atoms with Crippen LogP contribution in [0, 0.1) is 11.6 Å². The van der Waals surface area contributed by atoms with E-state index in [0.717, 1.165) is 22.9 Å². The summed E-state index contributed by atoms with van der Waals surface area (Å²) in [7, 11) is -4.17. The van der Waals surface area contributed by atoms with Crippen LogP contribution in [0.1, 0.15) is 19.3 Å². The molecule has 3 rings (SSSR count). The van der Waals surface area contributed by atoms with Gasteiger partial charge in [0.1, 0.15) is 17.7 Å². The summed E-state index contributed by atoms with van der Waals surface area (Å²) < 4.78 is 59.0. The molecule has 2 aliphatic heterocycles. The molecule has 1 aromatic rings. The number of hydrogen-bond donors (Lipinski definition) is 0. The topological polar surface area (TPSA) is 66.9 Å². The molecule has 138 valence electrons. The number of benzene rings is 1. The van der Waals surface area contributed by atoms with Gasteiger partial charge in [0.2, 0.25) is 15.9 Å². The number of rotatable bonds is 3. The number of ether oxygens (including phenoxy) is 1. The van der Waals surface area contributed by atoms with Crippen LogP contribution in [0.4, 0.5) is 8.78 Å². The zero-order valence-electron chi connectivity index (χ0n) is 13.7. The van der Waals surface area contributed by atoms with Crippen LogP contribution >= 0.6 is 0 Å². The van der Waals surface area contributed by atoms with Gasteiger partial charge in [-0.15, -0.1) is 0 Å². The van der Waals surface area contributed by atoms with Crippen LogP contribution in [0.15, 0.2) is 23.1 Å². The molecule has 0 bridgehead atoms.